The number of urea groups is 1. The van der Waals surface area contributed by atoms with Crippen LogP contribution >= 0.6 is 0 Å². The number of nitrogens with zero attached hydrogens (tertiary/aromatic N) is 4. The van der Waals surface area contributed by atoms with Crippen LogP contribution in [0, 0.1) is 5.92 Å². The first kappa shape index (κ1) is 22.3. The maximum Gasteiger partial charge on any atom is 0.410 e. The third kappa shape index (κ3) is 4.88. The van der Waals surface area contributed by atoms with Gasteiger partial charge < -0.3 is 20.7 Å². The molecule has 2 aromatic heterocycles. The van der Waals surface area contributed by atoms with Crippen LogP contribution in [0.25, 0.3) is 5.65 Å². The molecule has 182 valence electrons. The van der Waals surface area contributed by atoms with E-state index in [2.05, 4.69) is 10.1 Å². The molecular formula is C20H25F5N6O2. The predicted molar refractivity (Wildman–Crippen MR) is 107 cm³/mol. The van der Waals surface area contributed by atoms with Crippen LogP contribution in [0.3, 0.4) is 0 Å². The van der Waals surface area contributed by atoms with Gasteiger partial charge in [0, 0.05) is 25.5 Å². The lowest BCUT2D eigenvalue weighted by molar-refractivity contribution is -0.150. The second-order valence-corrected chi connectivity index (χ2v) is 8.57. The first-order chi connectivity index (χ1) is 15.9. The van der Waals surface area contributed by atoms with Crippen molar-refractivity contribution in [2.24, 2.45) is 11.7 Å². The van der Waals surface area contributed by atoms with Gasteiger partial charge in [0.15, 0.2) is 5.65 Å². The molecule has 0 radical (unpaired) electrons. The van der Waals surface area contributed by atoms with E-state index < -0.39 is 42.8 Å². The molecule has 1 saturated carbocycles. The largest absolute Gasteiger partial charge is 0.410 e. The fraction of sp³-hybridized carbons (Fsp3) is 0.650. The highest BCUT2D eigenvalue weighted by molar-refractivity contribution is 5.77. The summed E-state index contributed by atoms with van der Waals surface area (Å²) in [7, 11) is 1.33. The zero-order chi connectivity index (χ0) is 24.8. The van der Waals surface area contributed by atoms with Crippen molar-refractivity contribution in [1.82, 2.24) is 24.8 Å². The average Bonchev–Trinajstić information content (AvgIpc) is 3.34. The third-order valence-corrected chi connectivity index (χ3v) is 6.31. The van der Waals surface area contributed by atoms with Gasteiger partial charge in [0.1, 0.15) is 6.04 Å². The Hall–Kier alpha value is -2.54. The first-order valence-electron chi connectivity index (χ1n) is 11.0. The molecule has 2 aliphatic rings. The minimum Gasteiger partial charge on any atom is -0.382 e. The normalized spacial score (nSPS) is 24.1. The molecule has 2 aromatic rings. The lowest BCUT2D eigenvalue weighted by atomic mass is 9.81. The molecule has 0 spiro atoms. The molecule has 8 nitrogen and oxygen atoms in total. The van der Waals surface area contributed by atoms with Crippen molar-refractivity contribution in [1.29, 1.82) is 0 Å². The van der Waals surface area contributed by atoms with E-state index in [1.165, 1.54) is 23.9 Å². The van der Waals surface area contributed by atoms with E-state index in [1.54, 1.807) is 0 Å². The average molecular weight is 477 g/mol. The molecule has 1 aliphatic carbocycles. The summed E-state index contributed by atoms with van der Waals surface area (Å²) < 4.78 is 81.1. The second kappa shape index (κ2) is 8.67. The summed E-state index contributed by atoms with van der Waals surface area (Å²) in [5.74, 6) is -2.87. The lowest BCUT2D eigenvalue weighted by Crippen LogP contribution is -2.40. The standard InChI is InChI=1S/C20H25F5N6O2/c1-33-10-14(30-9-15(20(23,24)25)29-18(30)32)12-6-16-28-13(8-31(16)27-7-12)17(26)11-2-4-19(21,22)5-3-11/h6-8,11,14-15,17H,2-5,9-10,26H2,1H3,(H,29,32)/t14-,15+,17+/m1/s1/i7D. The van der Waals surface area contributed by atoms with Crippen LogP contribution in [0.1, 0.15) is 50.4 Å². The van der Waals surface area contributed by atoms with Gasteiger partial charge in [-0.15, -0.1) is 0 Å². The van der Waals surface area contributed by atoms with Gasteiger partial charge in [0.25, 0.3) is 0 Å². The highest BCUT2D eigenvalue weighted by atomic mass is 19.4. The number of ether oxygens (including phenoxy) is 1. The number of nitrogens with one attached hydrogen (secondary N) is 1. The van der Waals surface area contributed by atoms with E-state index >= 15 is 0 Å². The Morgan fingerprint density at radius 3 is 2.70 bits per heavy atom. The summed E-state index contributed by atoms with van der Waals surface area (Å²) in [6, 6.07) is -3.12. The van der Waals surface area contributed by atoms with Gasteiger partial charge in [-0.25, -0.2) is 23.1 Å². The number of alkyl halides is 5. The van der Waals surface area contributed by atoms with Gasteiger partial charge in [0.2, 0.25) is 5.92 Å². The molecule has 13 heteroatoms. The summed E-state index contributed by atoms with van der Waals surface area (Å²) in [5, 5.41) is 6.03. The number of rotatable bonds is 6. The van der Waals surface area contributed by atoms with Crippen molar-refractivity contribution in [3.05, 3.63) is 29.7 Å². The van der Waals surface area contributed by atoms with Crippen molar-refractivity contribution >= 4 is 11.7 Å². The summed E-state index contributed by atoms with van der Waals surface area (Å²) >= 11 is 0. The number of imidazole rings is 1. The molecule has 3 heterocycles. The smallest absolute Gasteiger partial charge is 0.382 e. The molecule has 33 heavy (non-hydrogen) atoms. The van der Waals surface area contributed by atoms with Crippen LogP contribution in [0.4, 0.5) is 26.7 Å². The topological polar surface area (TPSA) is 97.8 Å². The zero-order valence-corrected chi connectivity index (χ0v) is 17.8. The van der Waals surface area contributed by atoms with E-state index in [0.29, 0.717) is 5.69 Å². The van der Waals surface area contributed by atoms with Gasteiger partial charge in [0.05, 0.1) is 44.7 Å². The maximum atomic E-state index is 13.5. The summed E-state index contributed by atoms with van der Waals surface area (Å²) in [4.78, 5) is 17.7. The van der Waals surface area contributed by atoms with E-state index in [4.69, 9.17) is 11.8 Å². The van der Waals surface area contributed by atoms with Crippen LogP contribution in [0.5, 0.6) is 0 Å². The first-order valence-corrected chi connectivity index (χ1v) is 10.5. The summed E-state index contributed by atoms with van der Waals surface area (Å²) in [6.07, 6.45) is -3.35. The molecule has 3 atom stereocenters. The quantitative estimate of drug-likeness (QED) is 0.623. The number of aromatic nitrogens is 3. The number of fused-ring (bicyclic) bond motifs is 1. The van der Waals surface area contributed by atoms with E-state index in [-0.39, 0.29) is 55.6 Å². The Balaban J connectivity index is 1.61. The maximum absolute atomic E-state index is 13.5. The molecule has 0 unspecified atom stereocenters. The minimum atomic E-state index is -4.62. The third-order valence-electron chi connectivity index (χ3n) is 6.31. The van der Waals surface area contributed by atoms with Crippen LogP contribution in [-0.2, 0) is 4.74 Å². The fourth-order valence-electron chi connectivity index (χ4n) is 4.38. The number of hydrogen-bond acceptors (Lipinski definition) is 5. The lowest BCUT2D eigenvalue weighted by Gasteiger charge is -2.31. The van der Waals surface area contributed by atoms with Crippen molar-refractivity contribution in [3.8, 4) is 0 Å². The van der Waals surface area contributed by atoms with Crippen LogP contribution in [-0.4, -0.2) is 63.9 Å². The van der Waals surface area contributed by atoms with Crippen LogP contribution in [0.15, 0.2) is 18.4 Å². The van der Waals surface area contributed by atoms with Crippen LogP contribution < -0.4 is 11.1 Å². The Morgan fingerprint density at radius 1 is 1.39 bits per heavy atom. The van der Waals surface area contributed by atoms with Gasteiger partial charge in [-0.1, -0.05) is 0 Å². The Bertz CT molecular complexity index is 1050. The van der Waals surface area contributed by atoms with E-state index in [0.717, 1.165) is 4.90 Å². The monoisotopic (exact) mass is 477 g/mol. The highest BCUT2D eigenvalue weighted by Gasteiger charge is 2.48. The molecule has 2 amide bonds. The Morgan fingerprint density at radius 2 is 2.09 bits per heavy atom. The summed E-state index contributed by atoms with van der Waals surface area (Å²) in [5.41, 5.74) is 7.14. The van der Waals surface area contributed by atoms with Crippen LogP contribution in [0.2, 0.25) is 0 Å². The van der Waals surface area contributed by atoms with Gasteiger partial charge >= 0.3 is 12.2 Å². The van der Waals surface area contributed by atoms with E-state index in [9.17, 15) is 26.7 Å². The number of carbonyl (C=O) groups is 1. The van der Waals surface area contributed by atoms with Crippen molar-refractivity contribution in [3.63, 3.8) is 0 Å². The van der Waals surface area contributed by atoms with Gasteiger partial charge in [-0.3, -0.25) is 0 Å². The second-order valence-electron chi connectivity index (χ2n) is 8.57. The zero-order valence-electron chi connectivity index (χ0n) is 18.8. The molecule has 3 N–H and O–H groups in total. The van der Waals surface area contributed by atoms with Gasteiger partial charge in [-0.2, -0.15) is 18.3 Å². The number of methoxy groups -OCH3 is 1. The predicted octanol–water partition coefficient (Wildman–Crippen LogP) is 3.20. The fourth-order valence-corrected chi connectivity index (χ4v) is 4.38. The van der Waals surface area contributed by atoms with Crippen molar-refractivity contribution in [2.75, 3.05) is 20.3 Å². The minimum absolute atomic E-state index is 0.162. The van der Waals surface area contributed by atoms with Crippen molar-refractivity contribution in [2.45, 2.75) is 55.9 Å². The molecular weight excluding hydrogens is 451 g/mol. The van der Waals surface area contributed by atoms with Crippen molar-refractivity contribution < 1.29 is 32.9 Å². The molecule has 4 rings (SSSR count). The molecule has 0 bridgehead atoms. The molecule has 2 fully saturated rings. The highest BCUT2D eigenvalue weighted by Crippen LogP contribution is 2.40. The number of nitrogens with two attached hydrogens (primary N) is 1. The number of halogens is 5. The Labute approximate surface area is 187 Å². The van der Waals surface area contributed by atoms with Gasteiger partial charge in [-0.05, 0) is 24.8 Å². The Kier molecular flexibility index (Phi) is 5.85. The number of carbonyl (C=O) groups excluding carboxylic acids is 1. The number of amides is 2. The number of hydrogen-bond donors (Lipinski definition) is 2. The SMILES string of the molecule is [2H]c1nn2cc([C@@H](N)C3CCC(F)(F)CC3)nc2cc1[C@@H](COC)N1C[C@@H](C(F)(F)F)NC1=O. The molecule has 0 aromatic carbocycles. The summed E-state index contributed by atoms with van der Waals surface area (Å²) in [6.45, 7) is -0.803. The molecule has 1 saturated heterocycles. The van der Waals surface area contributed by atoms with E-state index in [1.807, 2.05) is 5.32 Å². The molecule has 1 aliphatic heterocycles.